The molecule has 0 spiro atoms. The highest BCUT2D eigenvalue weighted by Gasteiger charge is 2.03. The molecule has 2 aromatic rings. The predicted octanol–water partition coefficient (Wildman–Crippen LogP) is 1.90. The van der Waals surface area contributed by atoms with Crippen molar-refractivity contribution in [2.45, 2.75) is 0 Å². The van der Waals surface area contributed by atoms with Crippen molar-refractivity contribution in [3.63, 3.8) is 0 Å². The molecule has 0 fully saturated rings. The number of oxazole rings is 1. The Morgan fingerprint density at radius 2 is 2.60 bits per heavy atom. The van der Waals surface area contributed by atoms with E-state index in [2.05, 4.69) is 4.98 Å². The van der Waals surface area contributed by atoms with Gasteiger partial charge in [-0.15, -0.1) is 0 Å². The normalized spacial score (nSPS) is 10.5. The highest BCUT2D eigenvalue weighted by Crippen LogP contribution is 2.29. The van der Waals surface area contributed by atoms with E-state index in [-0.39, 0.29) is 0 Å². The molecule has 0 saturated carbocycles. The number of aromatic nitrogens is 1. The van der Waals surface area contributed by atoms with E-state index in [1.807, 2.05) is 6.07 Å². The summed E-state index contributed by atoms with van der Waals surface area (Å²) in [7, 11) is 1.63. The first-order valence-electron chi connectivity index (χ1n) is 2.77. The maximum atomic E-state index is 5.02. The fourth-order valence-corrected chi connectivity index (χ4v) is 1.49. The number of hydrogen-bond acceptors (Lipinski definition) is 4. The van der Waals surface area contributed by atoms with Gasteiger partial charge in [0, 0.05) is 6.07 Å². The molecule has 0 bridgehead atoms. The number of nitrogens with zero attached hydrogens (tertiary/aromatic N) is 1. The van der Waals surface area contributed by atoms with Crippen molar-refractivity contribution in [1.82, 2.24) is 4.98 Å². The molecule has 0 N–H and O–H groups in total. The molecule has 2 aromatic heterocycles. The zero-order valence-corrected chi connectivity index (χ0v) is 6.14. The summed E-state index contributed by atoms with van der Waals surface area (Å²) in [6, 6.07) is 1.83. The van der Waals surface area contributed by atoms with Crippen LogP contribution in [-0.4, -0.2) is 12.1 Å². The Kier molecular flexibility index (Phi) is 1.14. The summed E-state index contributed by atoms with van der Waals surface area (Å²) in [6.45, 7) is 0. The molecule has 10 heavy (non-hydrogen) atoms. The van der Waals surface area contributed by atoms with E-state index < -0.39 is 0 Å². The number of methoxy groups -OCH3 is 1. The van der Waals surface area contributed by atoms with Gasteiger partial charge in [0.25, 0.3) is 0 Å². The molecular weight excluding hydrogens is 150 g/mol. The van der Waals surface area contributed by atoms with Crippen LogP contribution in [0.3, 0.4) is 0 Å². The topological polar surface area (TPSA) is 35.3 Å². The van der Waals surface area contributed by atoms with Crippen molar-refractivity contribution in [2.75, 3.05) is 7.11 Å². The predicted molar refractivity (Wildman–Crippen MR) is 38.4 cm³/mol. The maximum Gasteiger partial charge on any atom is 0.182 e. The van der Waals surface area contributed by atoms with E-state index in [1.54, 1.807) is 7.11 Å². The second-order valence-corrected chi connectivity index (χ2v) is 2.78. The van der Waals surface area contributed by atoms with Crippen LogP contribution in [0, 0.1) is 0 Å². The van der Waals surface area contributed by atoms with E-state index in [1.165, 1.54) is 17.7 Å². The maximum absolute atomic E-state index is 5.02. The van der Waals surface area contributed by atoms with Crippen molar-refractivity contribution in [3.8, 4) is 5.06 Å². The molecule has 52 valence electrons. The zero-order chi connectivity index (χ0) is 6.97. The van der Waals surface area contributed by atoms with Gasteiger partial charge in [0.15, 0.2) is 21.9 Å². The first kappa shape index (κ1) is 5.73. The molecule has 0 aliphatic carbocycles. The van der Waals surface area contributed by atoms with E-state index in [9.17, 15) is 0 Å². The quantitative estimate of drug-likeness (QED) is 0.630. The Morgan fingerprint density at radius 3 is 3.30 bits per heavy atom. The number of rotatable bonds is 1. The summed E-state index contributed by atoms with van der Waals surface area (Å²) in [5, 5.41) is 0.835. The minimum Gasteiger partial charge on any atom is -0.487 e. The van der Waals surface area contributed by atoms with E-state index in [0.29, 0.717) is 0 Å². The van der Waals surface area contributed by atoms with E-state index in [4.69, 9.17) is 9.15 Å². The molecular formula is C6H5NO2S. The number of ether oxygens (including phenoxy) is 1. The Morgan fingerprint density at radius 1 is 1.70 bits per heavy atom. The molecule has 0 aromatic carbocycles. The monoisotopic (exact) mass is 155 g/mol. The smallest absolute Gasteiger partial charge is 0.182 e. The van der Waals surface area contributed by atoms with E-state index in [0.717, 1.165) is 15.5 Å². The Hall–Kier alpha value is -1.03. The third kappa shape index (κ3) is 0.690. The summed E-state index contributed by atoms with van der Waals surface area (Å²) >= 11 is 1.48. The van der Waals surface area contributed by atoms with Gasteiger partial charge in [-0.25, -0.2) is 4.98 Å². The van der Waals surface area contributed by atoms with Crippen molar-refractivity contribution >= 4 is 21.8 Å². The van der Waals surface area contributed by atoms with Gasteiger partial charge in [-0.2, -0.15) is 0 Å². The molecule has 0 aliphatic rings. The summed E-state index contributed by atoms with van der Waals surface area (Å²) in [6.07, 6.45) is 1.43. The van der Waals surface area contributed by atoms with Crippen LogP contribution >= 0.6 is 11.3 Å². The second-order valence-electron chi connectivity index (χ2n) is 1.79. The van der Waals surface area contributed by atoms with Gasteiger partial charge in [0.1, 0.15) is 0 Å². The molecule has 0 saturated heterocycles. The van der Waals surface area contributed by atoms with Crippen LogP contribution in [0.25, 0.3) is 10.4 Å². The first-order valence-corrected chi connectivity index (χ1v) is 3.59. The third-order valence-electron chi connectivity index (χ3n) is 1.21. The molecule has 0 amide bonds. The highest BCUT2D eigenvalue weighted by atomic mass is 32.1. The van der Waals surface area contributed by atoms with Gasteiger partial charge in [0.05, 0.1) is 7.11 Å². The van der Waals surface area contributed by atoms with Crippen molar-refractivity contribution in [1.29, 1.82) is 0 Å². The average molecular weight is 155 g/mol. The molecule has 0 atom stereocenters. The lowest BCUT2D eigenvalue weighted by Gasteiger charge is -1.86. The SMILES string of the molecule is COc1cc2ocnc2s1. The van der Waals surface area contributed by atoms with Gasteiger partial charge >= 0.3 is 0 Å². The van der Waals surface area contributed by atoms with Crippen molar-refractivity contribution < 1.29 is 9.15 Å². The summed E-state index contributed by atoms with van der Waals surface area (Å²) < 4.78 is 10.00. The number of hydrogen-bond donors (Lipinski definition) is 0. The zero-order valence-electron chi connectivity index (χ0n) is 5.33. The summed E-state index contributed by atoms with van der Waals surface area (Å²) in [5.41, 5.74) is 0.793. The minimum absolute atomic E-state index is 0.793. The second kappa shape index (κ2) is 1.98. The Balaban J connectivity index is 2.67. The minimum atomic E-state index is 0.793. The fourth-order valence-electron chi connectivity index (χ4n) is 0.750. The van der Waals surface area contributed by atoms with Crippen molar-refractivity contribution in [3.05, 3.63) is 12.5 Å². The van der Waals surface area contributed by atoms with Crippen LogP contribution < -0.4 is 4.74 Å². The lowest BCUT2D eigenvalue weighted by atomic mass is 10.6. The molecule has 3 nitrogen and oxygen atoms in total. The van der Waals surface area contributed by atoms with Gasteiger partial charge in [-0.3, -0.25) is 0 Å². The summed E-state index contributed by atoms with van der Waals surface area (Å²) in [4.78, 5) is 4.85. The van der Waals surface area contributed by atoms with Gasteiger partial charge < -0.3 is 9.15 Å². The third-order valence-corrected chi connectivity index (χ3v) is 2.19. The van der Waals surface area contributed by atoms with Crippen LogP contribution in [-0.2, 0) is 0 Å². The standard InChI is InChI=1S/C6H5NO2S/c1-8-5-2-4-6(10-5)7-3-9-4/h2-3H,1H3. The fraction of sp³-hybridized carbons (Fsp3) is 0.167. The molecule has 4 heteroatoms. The van der Waals surface area contributed by atoms with E-state index >= 15 is 0 Å². The van der Waals surface area contributed by atoms with Crippen LogP contribution in [0.4, 0.5) is 0 Å². The van der Waals surface area contributed by atoms with Gasteiger partial charge in [0.2, 0.25) is 0 Å². The lowest BCUT2D eigenvalue weighted by Crippen LogP contribution is -1.73. The summed E-state index contributed by atoms with van der Waals surface area (Å²) in [5.74, 6) is 0. The van der Waals surface area contributed by atoms with Crippen LogP contribution in [0.1, 0.15) is 0 Å². The molecule has 0 unspecified atom stereocenters. The van der Waals surface area contributed by atoms with Gasteiger partial charge in [-0.05, 0) is 0 Å². The first-order chi connectivity index (χ1) is 4.90. The molecule has 2 heterocycles. The van der Waals surface area contributed by atoms with Crippen LogP contribution in [0.5, 0.6) is 5.06 Å². The Bertz CT molecular complexity index is 309. The highest BCUT2D eigenvalue weighted by molar-refractivity contribution is 7.20. The lowest BCUT2D eigenvalue weighted by molar-refractivity contribution is 0.426. The number of thiophene rings is 1. The average Bonchev–Trinajstić information content (AvgIpc) is 2.42. The molecule has 0 aliphatic heterocycles. The number of fused-ring (bicyclic) bond motifs is 1. The largest absolute Gasteiger partial charge is 0.487 e. The molecule has 2 rings (SSSR count). The Labute approximate surface area is 61.2 Å². The van der Waals surface area contributed by atoms with Crippen LogP contribution in [0.15, 0.2) is 16.9 Å². The molecule has 0 radical (unpaired) electrons. The van der Waals surface area contributed by atoms with Gasteiger partial charge in [-0.1, -0.05) is 11.3 Å². The van der Waals surface area contributed by atoms with Crippen LogP contribution in [0.2, 0.25) is 0 Å². The van der Waals surface area contributed by atoms with Crippen molar-refractivity contribution in [2.24, 2.45) is 0 Å².